The quantitative estimate of drug-likeness (QED) is 0.865. The van der Waals surface area contributed by atoms with Crippen LogP contribution in [0.1, 0.15) is 10.5 Å². The molecule has 19 heavy (non-hydrogen) atoms. The van der Waals surface area contributed by atoms with E-state index in [9.17, 15) is 13.2 Å². The number of para-hydroxylation sites is 1. The molecule has 3 rings (SSSR count). The van der Waals surface area contributed by atoms with E-state index in [1.54, 1.807) is 6.07 Å². The number of nitrogens with one attached hydrogen (secondary N) is 2. The zero-order chi connectivity index (χ0) is 13.5. The van der Waals surface area contributed by atoms with Gasteiger partial charge in [0.25, 0.3) is 5.91 Å². The summed E-state index contributed by atoms with van der Waals surface area (Å²) in [5.41, 5.74) is 1.31. The number of benzene rings is 1. The third kappa shape index (κ3) is 2.39. The van der Waals surface area contributed by atoms with Gasteiger partial charge in [-0.1, -0.05) is 18.2 Å². The van der Waals surface area contributed by atoms with Gasteiger partial charge in [0.05, 0.1) is 11.8 Å². The number of aromatic amines is 1. The molecule has 1 aromatic carbocycles. The molecule has 1 aliphatic heterocycles. The van der Waals surface area contributed by atoms with Crippen LogP contribution in [0.5, 0.6) is 0 Å². The molecule has 1 aliphatic rings. The summed E-state index contributed by atoms with van der Waals surface area (Å²) in [5.74, 6) is -0.373. The van der Waals surface area contributed by atoms with Crippen LogP contribution in [0.4, 0.5) is 0 Å². The predicted octanol–water partition coefficient (Wildman–Crippen LogP) is 1.21. The summed E-state index contributed by atoms with van der Waals surface area (Å²) in [6, 6.07) is 8.85. The smallest absolute Gasteiger partial charge is 0.268 e. The van der Waals surface area contributed by atoms with Gasteiger partial charge in [-0.25, -0.2) is 8.42 Å². The van der Waals surface area contributed by atoms with Crippen LogP contribution < -0.4 is 5.32 Å². The molecule has 5 nitrogen and oxygen atoms in total. The minimum atomic E-state index is -3.15. The average molecular weight is 276 g/mol. The number of sulfone groups is 1. The molecule has 0 radical (unpaired) electrons. The van der Waals surface area contributed by atoms with Crippen molar-refractivity contribution in [2.75, 3.05) is 5.75 Å². The lowest BCUT2D eigenvalue weighted by Gasteiger charge is -2.08. The fraction of sp³-hybridized carbons (Fsp3) is 0.154. The molecule has 0 saturated heterocycles. The first-order chi connectivity index (χ1) is 9.03. The first-order valence-electron chi connectivity index (χ1n) is 5.83. The SMILES string of the molecule is O=C(NC1C=CS(=O)(=O)C1)c1cc2ccccc2[nH]1. The lowest BCUT2D eigenvalue weighted by Crippen LogP contribution is -2.35. The van der Waals surface area contributed by atoms with Gasteiger partial charge in [0.15, 0.2) is 9.84 Å². The number of hydrogen-bond acceptors (Lipinski definition) is 3. The third-order valence-corrected chi connectivity index (χ3v) is 4.42. The number of H-pyrrole nitrogens is 1. The van der Waals surface area contributed by atoms with Crippen molar-refractivity contribution in [1.29, 1.82) is 0 Å². The standard InChI is InChI=1S/C13H12N2O3S/c16-13(14-10-5-6-19(17,18)8-10)12-7-9-3-1-2-4-11(9)15-12/h1-7,10,15H,8H2,(H,14,16). The number of carbonyl (C=O) groups excluding carboxylic acids is 1. The van der Waals surface area contributed by atoms with Crippen molar-refractivity contribution in [3.05, 3.63) is 47.5 Å². The first-order valence-corrected chi connectivity index (χ1v) is 7.55. The van der Waals surface area contributed by atoms with Crippen LogP contribution >= 0.6 is 0 Å². The third-order valence-electron chi connectivity index (χ3n) is 3.02. The van der Waals surface area contributed by atoms with Gasteiger partial charge in [0, 0.05) is 16.3 Å². The molecular formula is C13H12N2O3S. The normalized spacial score (nSPS) is 20.7. The molecule has 0 aliphatic carbocycles. The summed E-state index contributed by atoms with van der Waals surface area (Å²) in [7, 11) is -3.15. The van der Waals surface area contributed by atoms with Gasteiger partial charge in [-0.3, -0.25) is 4.79 Å². The number of aromatic nitrogens is 1. The van der Waals surface area contributed by atoms with E-state index in [1.807, 2.05) is 24.3 Å². The molecule has 1 amide bonds. The van der Waals surface area contributed by atoms with Crippen molar-refractivity contribution in [3.63, 3.8) is 0 Å². The van der Waals surface area contributed by atoms with E-state index in [4.69, 9.17) is 0 Å². The molecule has 1 unspecified atom stereocenters. The van der Waals surface area contributed by atoms with Gasteiger partial charge in [0.1, 0.15) is 5.69 Å². The van der Waals surface area contributed by atoms with Gasteiger partial charge in [-0.05, 0) is 18.2 Å². The highest BCUT2D eigenvalue weighted by atomic mass is 32.2. The van der Waals surface area contributed by atoms with E-state index in [-0.39, 0.29) is 11.7 Å². The van der Waals surface area contributed by atoms with E-state index in [0.29, 0.717) is 5.69 Å². The predicted molar refractivity (Wildman–Crippen MR) is 72.5 cm³/mol. The van der Waals surface area contributed by atoms with Crippen LogP contribution in [0.15, 0.2) is 41.8 Å². The molecule has 1 aromatic heterocycles. The second-order valence-electron chi connectivity index (χ2n) is 4.51. The second kappa shape index (κ2) is 4.24. The Morgan fingerprint density at radius 2 is 2.11 bits per heavy atom. The van der Waals surface area contributed by atoms with Crippen molar-refractivity contribution in [1.82, 2.24) is 10.3 Å². The summed E-state index contributed by atoms with van der Waals surface area (Å²) in [4.78, 5) is 15.0. The minimum absolute atomic E-state index is 0.0705. The van der Waals surface area contributed by atoms with Crippen LogP contribution in [0, 0.1) is 0 Å². The Balaban J connectivity index is 1.79. The maximum Gasteiger partial charge on any atom is 0.268 e. The van der Waals surface area contributed by atoms with Gasteiger partial charge in [-0.15, -0.1) is 0 Å². The second-order valence-corrected chi connectivity index (χ2v) is 6.44. The monoisotopic (exact) mass is 276 g/mol. The van der Waals surface area contributed by atoms with E-state index in [2.05, 4.69) is 10.3 Å². The zero-order valence-electron chi connectivity index (χ0n) is 9.96. The van der Waals surface area contributed by atoms with E-state index >= 15 is 0 Å². The van der Waals surface area contributed by atoms with Crippen LogP contribution in [-0.2, 0) is 9.84 Å². The molecule has 2 heterocycles. The first kappa shape index (κ1) is 12.0. The Morgan fingerprint density at radius 3 is 2.79 bits per heavy atom. The Labute approximate surface area is 110 Å². The van der Waals surface area contributed by atoms with Crippen molar-refractivity contribution in [2.24, 2.45) is 0 Å². The topological polar surface area (TPSA) is 79.0 Å². The van der Waals surface area contributed by atoms with Crippen LogP contribution in [0.25, 0.3) is 10.9 Å². The Morgan fingerprint density at radius 1 is 1.32 bits per heavy atom. The highest BCUT2D eigenvalue weighted by molar-refractivity contribution is 7.94. The zero-order valence-corrected chi connectivity index (χ0v) is 10.8. The van der Waals surface area contributed by atoms with Crippen molar-refractivity contribution < 1.29 is 13.2 Å². The maximum atomic E-state index is 12.0. The largest absolute Gasteiger partial charge is 0.351 e. The maximum absolute atomic E-state index is 12.0. The molecule has 98 valence electrons. The van der Waals surface area contributed by atoms with Crippen LogP contribution in [0.2, 0.25) is 0 Å². The van der Waals surface area contributed by atoms with E-state index < -0.39 is 15.9 Å². The molecule has 2 aromatic rings. The highest BCUT2D eigenvalue weighted by Gasteiger charge is 2.23. The van der Waals surface area contributed by atoms with E-state index in [1.165, 1.54) is 6.08 Å². The van der Waals surface area contributed by atoms with Crippen molar-refractivity contribution in [3.8, 4) is 0 Å². The Kier molecular flexibility index (Phi) is 2.67. The number of hydrogen-bond donors (Lipinski definition) is 2. The summed E-state index contributed by atoms with van der Waals surface area (Å²) >= 11 is 0. The van der Waals surface area contributed by atoms with Crippen LogP contribution in [-0.4, -0.2) is 31.1 Å². The number of carbonyl (C=O) groups is 1. The van der Waals surface area contributed by atoms with Gasteiger partial charge in [0.2, 0.25) is 0 Å². The molecule has 0 bridgehead atoms. The molecule has 6 heteroatoms. The fourth-order valence-corrected chi connectivity index (χ4v) is 3.34. The summed E-state index contributed by atoms with van der Waals surface area (Å²) in [6.07, 6.45) is 1.50. The molecule has 2 N–H and O–H groups in total. The molecule has 0 spiro atoms. The van der Waals surface area contributed by atoms with Gasteiger partial charge >= 0.3 is 0 Å². The Bertz CT molecular complexity index is 741. The summed E-state index contributed by atoms with van der Waals surface area (Å²) in [5, 5.41) is 4.76. The number of amides is 1. The number of rotatable bonds is 2. The van der Waals surface area contributed by atoms with Gasteiger partial charge < -0.3 is 10.3 Å². The average Bonchev–Trinajstić information content (AvgIpc) is 2.92. The molecule has 1 atom stereocenters. The van der Waals surface area contributed by atoms with Crippen molar-refractivity contribution >= 4 is 26.6 Å². The molecule has 0 saturated carbocycles. The molecular weight excluding hydrogens is 264 g/mol. The van der Waals surface area contributed by atoms with E-state index in [0.717, 1.165) is 16.3 Å². The highest BCUT2D eigenvalue weighted by Crippen LogP contribution is 2.15. The van der Waals surface area contributed by atoms with Gasteiger partial charge in [-0.2, -0.15) is 0 Å². The molecule has 0 fully saturated rings. The lowest BCUT2D eigenvalue weighted by molar-refractivity contribution is 0.0943. The van der Waals surface area contributed by atoms with Crippen LogP contribution in [0.3, 0.4) is 0 Å². The minimum Gasteiger partial charge on any atom is -0.351 e. The van der Waals surface area contributed by atoms with Crippen molar-refractivity contribution in [2.45, 2.75) is 6.04 Å². The summed E-state index contributed by atoms with van der Waals surface area (Å²) < 4.78 is 22.5. The summed E-state index contributed by atoms with van der Waals surface area (Å²) in [6.45, 7) is 0. The number of fused-ring (bicyclic) bond motifs is 1. The fourth-order valence-electron chi connectivity index (χ4n) is 2.11. The Hall–Kier alpha value is -2.08. The lowest BCUT2D eigenvalue weighted by atomic mass is 10.2.